The number of tetrazole rings is 1. The first kappa shape index (κ1) is 20.9. The average molecular weight is 482 g/mol. The molecule has 0 fully saturated rings. The summed E-state index contributed by atoms with van der Waals surface area (Å²) in [6.07, 6.45) is 0. The molecule has 158 valence electrons. The van der Waals surface area contributed by atoms with Crippen LogP contribution in [0.1, 0.15) is 47.3 Å². The average Bonchev–Trinajstić information content (AvgIpc) is 3.25. The molecule has 0 saturated heterocycles. The lowest BCUT2D eigenvalue weighted by molar-refractivity contribution is -0.134. The molecule has 31 heavy (non-hydrogen) atoms. The molecular weight excluding hydrogens is 462 g/mol. The third kappa shape index (κ3) is 3.88. The normalized spacial score (nSPS) is 15.5. The minimum Gasteiger partial charge on any atom is -0.464 e. The largest absolute Gasteiger partial charge is 0.464 e. The Labute approximate surface area is 187 Å². The fourth-order valence-electron chi connectivity index (χ4n) is 3.49. The van der Waals surface area contributed by atoms with Gasteiger partial charge in [-0.05, 0) is 51.7 Å². The minimum atomic E-state index is -0.695. The molecule has 0 bridgehead atoms. The van der Waals surface area contributed by atoms with E-state index in [-0.39, 0.29) is 23.0 Å². The highest BCUT2D eigenvalue weighted by Crippen LogP contribution is 2.37. The lowest BCUT2D eigenvalue weighted by atomic mass is 9.88. The van der Waals surface area contributed by atoms with Gasteiger partial charge in [0.25, 0.3) is 0 Å². The number of Topliss-reactive ketones (excluding diaryl/α,β-unsaturated/α-hetero) is 1. The summed E-state index contributed by atoms with van der Waals surface area (Å²) in [5.41, 5.74) is 2.61. The van der Waals surface area contributed by atoms with Gasteiger partial charge in [-0.3, -0.25) is 4.79 Å². The number of rotatable bonds is 5. The highest BCUT2D eigenvalue weighted by Gasteiger charge is 2.38. The van der Waals surface area contributed by atoms with Crippen molar-refractivity contribution in [2.24, 2.45) is 0 Å². The van der Waals surface area contributed by atoms with Crippen LogP contribution in [0.2, 0.25) is 0 Å². The number of esters is 1. The number of anilines is 1. The van der Waals surface area contributed by atoms with Crippen molar-refractivity contribution < 1.29 is 14.3 Å². The number of fused-ring (bicyclic) bond motifs is 1. The predicted octanol–water partition coefficient (Wildman–Crippen LogP) is 3.99. The number of nitrogens with one attached hydrogen (secondary N) is 1. The maximum atomic E-state index is 13.6. The smallest absolute Gasteiger partial charge is 0.357 e. The van der Waals surface area contributed by atoms with Crippen molar-refractivity contribution in [3.05, 3.63) is 75.3 Å². The van der Waals surface area contributed by atoms with Crippen LogP contribution >= 0.6 is 15.9 Å². The van der Waals surface area contributed by atoms with Crippen LogP contribution < -0.4 is 5.32 Å². The van der Waals surface area contributed by atoms with E-state index in [4.69, 9.17) is 4.74 Å². The molecule has 0 radical (unpaired) electrons. The van der Waals surface area contributed by atoms with Gasteiger partial charge in [0.15, 0.2) is 11.5 Å². The van der Waals surface area contributed by atoms with Crippen LogP contribution in [0.4, 0.5) is 5.95 Å². The van der Waals surface area contributed by atoms with Gasteiger partial charge in [0.2, 0.25) is 5.95 Å². The molecule has 8 nitrogen and oxygen atoms in total. The van der Waals surface area contributed by atoms with E-state index in [1.807, 2.05) is 24.3 Å². The van der Waals surface area contributed by atoms with Crippen molar-refractivity contribution in [2.75, 3.05) is 12.4 Å². The van der Waals surface area contributed by atoms with Crippen LogP contribution in [0.3, 0.4) is 0 Å². The van der Waals surface area contributed by atoms with E-state index in [1.54, 1.807) is 24.3 Å². The molecule has 1 aliphatic heterocycles. The second kappa shape index (κ2) is 8.43. The number of benzene rings is 2. The van der Waals surface area contributed by atoms with E-state index in [2.05, 4.69) is 50.6 Å². The molecule has 1 aliphatic rings. The number of hydrogen-bond donors (Lipinski definition) is 1. The van der Waals surface area contributed by atoms with Crippen molar-refractivity contribution >= 4 is 39.3 Å². The molecule has 3 aromatic rings. The van der Waals surface area contributed by atoms with Gasteiger partial charge in [-0.15, -0.1) is 0 Å². The first-order valence-electron chi connectivity index (χ1n) is 9.68. The lowest BCUT2D eigenvalue weighted by Crippen LogP contribution is -2.31. The number of ether oxygens (including phenoxy) is 1. The van der Waals surface area contributed by atoms with Gasteiger partial charge in [0.05, 0.1) is 18.7 Å². The summed E-state index contributed by atoms with van der Waals surface area (Å²) in [4.78, 5) is 26.4. The van der Waals surface area contributed by atoms with Crippen LogP contribution in [0.25, 0.3) is 5.70 Å². The maximum Gasteiger partial charge on any atom is 0.357 e. The van der Waals surface area contributed by atoms with Crippen LogP contribution in [-0.4, -0.2) is 39.1 Å². The van der Waals surface area contributed by atoms with Crippen molar-refractivity contribution in [3.63, 3.8) is 0 Å². The number of ketones is 1. The van der Waals surface area contributed by atoms with Gasteiger partial charge >= 0.3 is 5.97 Å². The molecule has 0 spiro atoms. The van der Waals surface area contributed by atoms with Crippen molar-refractivity contribution in [1.29, 1.82) is 0 Å². The Kier molecular flexibility index (Phi) is 5.69. The number of halogens is 1. The highest BCUT2D eigenvalue weighted by atomic mass is 79.9. The topological polar surface area (TPSA) is 99.0 Å². The Morgan fingerprint density at radius 2 is 1.77 bits per heavy atom. The van der Waals surface area contributed by atoms with Crippen LogP contribution in [0.5, 0.6) is 0 Å². The number of nitrogens with zero attached hydrogens (tertiary/aromatic N) is 4. The highest BCUT2D eigenvalue weighted by molar-refractivity contribution is 9.10. The van der Waals surface area contributed by atoms with Crippen LogP contribution in [-0.2, 0) is 9.53 Å². The number of carbonyl (C=O) groups excluding carboxylic acids is 2. The molecule has 1 atom stereocenters. The molecular formula is C22H20BrN5O3. The summed E-state index contributed by atoms with van der Waals surface area (Å²) in [5.74, 6) is -0.393. The van der Waals surface area contributed by atoms with E-state index in [0.29, 0.717) is 11.5 Å². The number of methoxy groups -OCH3 is 1. The second-order valence-electron chi connectivity index (χ2n) is 7.40. The first-order valence-corrected chi connectivity index (χ1v) is 10.5. The summed E-state index contributed by atoms with van der Waals surface area (Å²) < 4.78 is 7.03. The Morgan fingerprint density at radius 3 is 2.39 bits per heavy atom. The molecule has 2 heterocycles. The fraction of sp³-hybridized carbons (Fsp3) is 0.227. The maximum absolute atomic E-state index is 13.6. The zero-order valence-electron chi connectivity index (χ0n) is 17.2. The first-order chi connectivity index (χ1) is 14.9. The molecule has 0 saturated carbocycles. The summed E-state index contributed by atoms with van der Waals surface area (Å²) in [7, 11) is 1.26. The van der Waals surface area contributed by atoms with Crippen molar-refractivity contribution in [1.82, 2.24) is 20.2 Å². The Bertz CT molecular complexity index is 1170. The Balaban J connectivity index is 1.91. The summed E-state index contributed by atoms with van der Waals surface area (Å²) >= 11 is 3.38. The molecule has 2 aromatic carbocycles. The number of hydrogen-bond acceptors (Lipinski definition) is 7. The van der Waals surface area contributed by atoms with Gasteiger partial charge in [0, 0.05) is 10.0 Å². The standard InChI is InChI=1S/C22H20BrN5O3/c1-12(2)13-4-6-14(7-5-13)18-17(20(29)15-8-10-16(23)11-9-15)19(21(30)31-3)28-22(24-18)25-26-27-28/h4-12,18H,1-3H3,(H,24,25,27)/t18-/m1/s1. The van der Waals surface area contributed by atoms with Gasteiger partial charge in [0.1, 0.15) is 0 Å². The van der Waals surface area contributed by atoms with Gasteiger partial charge < -0.3 is 10.1 Å². The molecule has 1 N–H and O–H groups in total. The Morgan fingerprint density at radius 1 is 1.10 bits per heavy atom. The molecule has 0 amide bonds. The van der Waals surface area contributed by atoms with Crippen molar-refractivity contribution in [3.8, 4) is 0 Å². The molecule has 4 rings (SSSR count). The molecule has 1 aromatic heterocycles. The van der Waals surface area contributed by atoms with Gasteiger partial charge in [-0.2, -0.15) is 4.68 Å². The number of carbonyl (C=O) groups is 2. The minimum absolute atomic E-state index is 0.00731. The lowest BCUT2D eigenvalue weighted by Gasteiger charge is -2.28. The second-order valence-corrected chi connectivity index (χ2v) is 8.32. The summed E-state index contributed by atoms with van der Waals surface area (Å²) in [5, 5.41) is 14.7. The molecule has 0 aliphatic carbocycles. The number of aromatic nitrogens is 4. The quantitative estimate of drug-likeness (QED) is 0.434. The van der Waals surface area contributed by atoms with E-state index >= 15 is 0 Å². The van der Waals surface area contributed by atoms with E-state index in [1.165, 1.54) is 17.4 Å². The SMILES string of the molecule is COC(=O)C1=C(C(=O)c2ccc(Br)cc2)[C@@H](c2ccc(C(C)C)cc2)Nc2nnnn21. The van der Waals surface area contributed by atoms with E-state index in [9.17, 15) is 9.59 Å². The van der Waals surface area contributed by atoms with E-state index < -0.39 is 12.0 Å². The Hall–Kier alpha value is -3.33. The molecule has 9 heteroatoms. The summed E-state index contributed by atoms with van der Waals surface area (Å²) in [6.45, 7) is 4.22. The third-order valence-electron chi connectivity index (χ3n) is 5.16. The van der Waals surface area contributed by atoms with E-state index in [0.717, 1.165) is 10.0 Å². The molecule has 0 unspecified atom stereocenters. The van der Waals surface area contributed by atoms with Gasteiger partial charge in [-0.25, -0.2) is 4.79 Å². The monoisotopic (exact) mass is 481 g/mol. The van der Waals surface area contributed by atoms with Crippen molar-refractivity contribution in [2.45, 2.75) is 25.8 Å². The van der Waals surface area contributed by atoms with Gasteiger partial charge in [-0.1, -0.05) is 59.1 Å². The summed E-state index contributed by atoms with van der Waals surface area (Å²) in [6, 6.07) is 14.2. The fourth-order valence-corrected chi connectivity index (χ4v) is 3.76. The zero-order valence-corrected chi connectivity index (χ0v) is 18.8. The van der Waals surface area contributed by atoms with Crippen LogP contribution in [0.15, 0.2) is 58.6 Å². The zero-order chi connectivity index (χ0) is 22.1. The predicted molar refractivity (Wildman–Crippen MR) is 118 cm³/mol. The van der Waals surface area contributed by atoms with Crippen LogP contribution in [0, 0.1) is 0 Å². The third-order valence-corrected chi connectivity index (χ3v) is 5.69.